The Morgan fingerprint density at radius 1 is 1.11 bits per heavy atom. The average Bonchev–Trinajstić information content (AvgIpc) is 1.97. The van der Waals surface area contributed by atoms with Crippen LogP contribution in [0.3, 0.4) is 0 Å². The van der Waals surface area contributed by atoms with E-state index in [-0.39, 0.29) is 59.1 Å². The minimum absolute atomic E-state index is 0. The fourth-order valence-electron chi connectivity index (χ4n) is 0.793. The van der Waals surface area contributed by atoms with Crippen LogP contribution in [-0.2, 0) is 29.0 Å². The second kappa shape index (κ2) is 10.1. The van der Waals surface area contributed by atoms with Gasteiger partial charge in [-0.1, -0.05) is 0 Å². The summed E-state index contributed by atoms with van der Waals surface area (Å²) in [6.45, 7) is 0. The SMILES string of the molecule is O=C([O-])CC(CC(=O)OS(=O)(=O)O)C(=O)[O-].[Na+].[Na+]. The molecule has 0 radical (unpaired) electrons. The molecule has 1 unspecified atom stereocenters. The van der Waals surface area contributed by atoms with Gasteiger partial charge in [0.2, 0.25) is 0 Å². The quantitative estimate of drug-likeness (QED) is 0.371. The molecule has 92 valence electrons. The van der Waals surface area contributed by atoms with E-state index in [2.05, 4.69) is 4.18 Å². The topological polar surface area (TPSA) is 161 Å². The van der Waals surface area contributed by atoms with Crippen molar-refractivity contribution in [1.29, 1.82) is 0 Å². The van der Waals surface area contributed by atoms with Crippen molar-refractivity contribution in [3.8, 4) is 0 Å². The molecule has 0 saturated carbocycles. The zero-order valence-corrected chi connectivity index (χ0v) is 14.4. The predicted octanol–water partition coefficient (Wildman–Crippen LogP) is -9.76. The van der Waals surface area contributed by atoms with Crippen LogP contribution in [0.5, 0.6) is 0 Å². The Labute approximate surface area is 146 Å². The van der Waals surface area contributed by atoms with Gasteiger partial charge in [0.05, 0.1) is 6.42 Å². The normalized spacial score (nSPS) is 11.4. The first-order chi connectivity index (χ1) is 7.11. The van der Waals surface area contributed by atoms with Crippen LogP contribution >= 0.6 is 0 Å². The van der Waals surface area contributed by atoms with Gasteiger partial charge in [0.1, 0.15) is 0 Å². The summed E-state index contributed by atoms with van der Waals surface area (Å²) in [4.78, 5) is 31.1. The van der Waals surface area contributed by atoms with E-state index in [1.165, 1.54) is 0 Å². The molecule has 0 aliphatic heterocycles. The number of hydrogen-bond donors (Lipinski definition) is 1. The number of carbonyl (C=O) groups excluding carboxylic acids is 3. The van der Waals surface area contributed by atoms with Gasteiger partial charge in [0, 0.05) is 17.9 Å². The number of hydrogen-bond acceptors (Lipinski definition) is 8. The summed E-state index contributed by atoms with van der Waals surface area (Å²) in [5, 5.41) is 20.4. The van der Waals surface area contributed by atoms with Crippen LogP contribution in [0.1, 0.15) is 12.8 Å². The summed E-state index contributed by atoms with van der Waals surface area (Å²) in [6.07, 6.45) is -2.11. The number of carboxylic acids is 2. The number of rotatable bonds is 6. The van der Waals surface area contributed by atoms with E-state index in [0.717, 1.165) is 0 Å². The maximum Gasteiger partial charge on any atom is 1.00 e. The molecule has 0 bridgehead atoms. The Bertz CT molecular complexity index is 403. The Morgan fingerprint density at radius 3 is 1.83 bits per heavy atom. The van der Waals surface area contributed by atoms with Crippen molar-refractivity contribution in [2.75, 3.05) is 0 Å². The number of carbonyl (C=O) groups is 3. The van der Waals surface area contributed by atoms with E-state index in [4.69, 9.17) is 4.55 Å². The van der Waals surface area contributed by atoms with E-state index in [0.29, 0.717) is 0 Å². The van der Waals surface area contributed by atoms with E-state index in [9.17, 15) is 33.0 Å². The van der Waals surface area contributed by atoms with Crippen molar-refractivity contribution in [3.63, 3.8) is 0 Å². The molecule has 0 spiro atoms. The summed E-state index contributed by atoms with van der Waals surface area (Å²) in [5.41, 5.74) is 0. The van der Waals surface area contributed by atoms with Gasteiger partial charge in [-0.2, -0.15) is 8.42 Å². The zero-order chi connectivity index (χ0) is 12.9. The molecule has 0 aliphatic rings. The fraction of sp³-hybridized carbons (Fsp3) is 0.500. The maximum atomic E-state index is 10.7. The van der Waals surface area contributed by atoms with Crippen molar-refractivity contribution < 1.29 is 101 Å². The van der Waals surface area contributed by atoms with Gasteiger partial charge >= 0.3 is 75.5 Å². The Morgan fingerprint density at radius 2 is 1.56 bits per heavy atom. The Kier molecular flexibility index (Phi) is 13.2. The molecule has 0 rings (SSSR count). The largest absolute Gasteiger partial charge is 1.00 e. The molecular weight excluding hydrogens is 294 g/mol. The van der Waals surface area contributed by atoms with Crippen LogP contribution in [0, 0.1) is 5.92 Å². The Hall–Kier alpha value is 0.320. The van der Waals surface area contributed by atoms with Crippen LogP contribution in [0.15, 0.2) is 0 Å². The minimum Gasteiger partial charge on any atom is -0.550 e. The third-order valence-electron chi connectivity index (χ3n) is 1.36. The second-order valence-corrected chi connectivity index (χ2v) is 3.70. The third kappa shape index (κ3) is 12.8. The molecule has 18 heavy (non-hydrogen) atoms. The summed E-state index contributed by atoms with van der Waals surface area (Å²) in [7, 11) is -5.05. The second-order valence-electron chi connectivity index (χ2n) is 2.68. The Balaban J connectivity index is -0.00000112. The third-order valence-corrected chi connectivity index (χ3v) is 1.75. The first-order valence-electron chi connectivity index (χ1n) is 3.72. The fourth-order valence-corrected chi connectivity index (χ4v) is 1.10. The molecule has 0 saturated heterocycles. The van der Waals surface area contributed by atoms with Gasteiger partial charge in [-0.25, -0.2) is 0 Å². The molecule has 1 N–H and O–H groups in total. The van der Waals surface area contributed by atoms with Crippen molar-refractivity contribution in [1.82, 2.24) is 0 Å². The molecular formula is C6H6Na2O9S. The monoisotopic (exact) mass is 300 g/mol. The van der Waals surface area contributed by atoms with Crippen LogP contribution in [0.25, 0.3) is 0 Å². The molecule has 0 aromatic rings. The van der Waals surface area contributed by atoms with Crippen LogP contribution in [-0.4, -0.2) is 30.9 Å². The predicted molar refractivity (Wildman–Crippen MR) is 40.4 cm³/mol. The summed E-state index contributed by atoms with van der Waals surface area (Å²) in [5.74, 6) is -7.04. The molecule has 0 aliphatic carbocycles. The summed E-state index contributed by atoms with van der Waals surface area (Å²) >= 11 is 0. The standard InChI is InChI=1S/C6H8O9S.2Na/c7-4(8)1-3(6(10)11)2-5(9)15-16(12,13)14;;/h3H,1-2H2,(H,7,8)(H,10,11)(H,12,13,14);;/q;2*+1/p-2. The molecule has 12 heteroatoms. The van der Waals surface area contributed by atoms with Gasteiger partial charge in [-0.05, 0) is 6.42 Å². The van der Waals surface area contributed by atoms with E-state index >= 15 is 0 Å². The maximum absolute atomic E-state index is 10.7. The first-order valence-corrected chi connectivity index (χ1v) is 5.08. The zero-order valence-electron chi connectivity index (χ0n) is 9.61. The smallest absolute Gasteiger partial charge is 0.550 e. The molecule has 0 aromatic heterocycles. The summed E-state index contributed by atoms with van der Waals surface area (Å²) in [6, 6.07) is 0. The van der Waals surface area contributed by atoms with E-state index in [1.54, 1.807) is 0 Å². The molecule has 1 atom stereocenters. The average molecular weight is 300 g/mol. The van der Waals surface area contributed by atoms with Crippen LogP contribution in [0.4, 0.5) is 0 Å². The van der Waals surface area contributed by atoms with Crippen molar-refractivity contribution >= 4 is 28.3 Å². The minimum atomic E-state index is -5.05. The van der Waals surface area contributed by atoms with Gasteiger partial charge in [0.15, 0.2) is 0 Å². The first kappa shape index (κ1) is 23.4. The van der Waals surface area contributed by atoms with Crippen molar-refractivity contribution in [3.05, 3.63) is 0 Å². The summed E-state index contributed by atoms with van der Waals surface area (Å²) < 4.78 is 31.5. The van der Waals surface area contributed by atoms with Crippen LogP contribution < -0.4 is 69.3 Å². The van der Waals surface area contributed by atoms with E-state index in [1.807, 2.05) is 0 Å². The molecule has 0 fully saturated rings. The van der Waals surface area contributed by atoms with Crippen LogP contribution in [0.2, 0.25) is 0 Å². The number of carboxylic acid groups (broad SMARTS) is 2. The van der Waals surface area contributed by atoms with Crippen molar-refractivity contribution in [2.45, 2.75) is 12.8 Å². The van der Waals surface area contributed by atoms with Gasteiger partial charge in [-0.15, -0.1) is 0 Å². The molecule has 0 amide bonds. The van der Waals surface area contributed by atoms with Crippen molar-refractivity contribution in [2.24, 2.45) is 5.92 Å². The van der Waals surface area contributed by atoms with Gasteiger partial charge < -0.3 is 24.0 Å². The van der Waals surface area contributed by atoms with Gasteiger partial charge in [-0.3, -0.25) is 9.35 Å². The van der Waals surface area contributed by atoms with Gasteiger partial charge in [0.25, 0.3) is 0 Å². The number of aliphatic carboxylic acids is 2. The van der Waals surface area contributed by atoms with E-state index < -0.39 is 47.1 Å². The molecule has 0 heterocycles. The molecule has 0 aromatic carbocycles. The molecule has 9 nitrogen and oxygen atoms in total.